The summed E-state index contributed by atoms with van der Waals surface area (Å²) < 4.78 is 15.4. The SMILES string of the molecule is C[C@@H]1Cc2ccccc2N1C(=O)CSc1nnc(-c2ccccc2)n1-c1ccc(F)cc1. The maximum atomic E-state index is 13.5. The number of nitrogens with zero attached hydrogens (tertiary/aromatic N) is 4. The van der Waals surface area contributed by atoms with Crippen LogP contribution in [0.15, 0.2) is 84.0 Å². The molecule has 1 aliphatic rings. The van der Waals surface area contributed by atoms with Gasteiger partial charge < -0.3 is 4.90 Å². The van der Waals surface area contributed by atoms with Gasteiger partial charge in [0.05, 0.1) is 5.75 Å². The predicted molar refractivity (Wildman–Crippen MR) is 125 cm³/mol. The van der Waals surface area contributed by atoms with Crippen molar-refractivity contribution in [2.75, 3.05) is 10.7 Å². The quantitative estimate of drug-likeness (QED) is 0.400. The molecule has 0 fully saturated rings. The molecule has 0 spiro atoms. The Morgan fingerprint density at radius 1 is 1.00 bits per heavy atom. The fourth-order valence-corrected chi connectivity index (χ4v) is 4.91. The van der Waals surface area contributed by atoms with Crippen LogP contribution in [0, 0.1) is 5.82 Å². The summed E-state index contributed by atoms with van der Waals surface area (Å²) in [4.78, 5) is 15.0. The zero-order chi connectivity index (χ0) is 22.1. The van der Waals surface area contributed by atoms with E-state index in [1.165, 1.54) is 29.5 Å². The van der Waals surface area contributed by atoms with Crippen LogP contribution in [0.25, 0.3) is 17.1 Å². The van der Waals surface area contributed by atoms with Crippen molar-refractivity contribution in [3.63, 3.8) is 0 Å². The van der Waals surface area contributed by atoms with Crippen molar-refractivity contribution in [3.8, 4) is 17.1 Å². The number of para-hydroxylation sites is 1. The topological polar surface area (TPSA) is 51.0 Å². The maximum Gasteiger partial charge on any atom is 0.237 e. The lowest BCUT2D eigenvalue weighted by Crippen LogP contribution is -2.37. The van der Waals surface area contributed by atoms with E-state index in [2.05, 4.69) is 23.2 Å². The number of rotatable bonds is 5. The highest BCUT2D eigenvalue weighted by Gasteiger charge is 2.30. The molecule has 1 aromatic heterocycles. The Labute approximate surface area is 189 Å². The number of amides is 1. The van der Waals surface area contributed by atoms with Crippen molar-refractivity contribution < 1.29 is 9.18 Å². The van der Waals surface area contributed by atoms with Crippen LogP contribution in [0.5, 0.6) is 0 Å². The molecule has 0 unspecified atom stereocenters. The fraction of sp³-hybridized carbons (Fsp3) is 0.160. The molecular weight excluding hydrogens is 423 g/mol. The van der Waals surface area contributed by atoms with Crippen molar-refractivity contribution in [1.82, 2.24) is 14.8 Å². The van der Waals surface area contributed by atoms with E-state index in [9.17, 15) is 9.18 Å². The minimum absolute atomic E-state index is 0.0300. The molecular formula is C25H21FN4OS. The number of fused-ring (bicyclic) bond motifs is 1. The Morgan fingerprint density at radius 2 is 1.72 bits per heavy atom. The van der Waals surface area contributed by atoms with Crippen LogP contribution in [0.3, 0.4) is 0 Å². The number of aromatic nitrogens is 3. The van der Waals surface area contributed by atoms with Gasteiger partial charge in [-0.1, -0.05) is 60.3 Å². The van der Waals surface area contributed by atoms with Gasteiger partial charge in [0.2, 0.25) is 5.91 Å². The molecule has 0 aliphatic carbocycles. The molecule has 5 rings (SSSR count). The molecule has 0 bridgehead atoms. The standard InChI is InChI=1S/C25H21FN4OS/c1-17-15-19-9-5-6-10-22(19)29(17)23(31)16-32-25-28-27-24(18-7-3-2-4-8-18)30(25)21-13-11-20(26)12-14-21/h2-14,17H,15-16H2,1H3/t17-/m1/s1. The second-order valence-electron chi connectivity index (χ2n) is 7.72. The average molecular weight is 445 g/mol. The van der Waals surface area contributed by atoms with Crippen LogP contribution in [0.1, 0.15) is 12.5 Å². The molecule has 1 atom stereocenters. The highest BCUT2D eigenvalue weighted by molar-refractivity contribution is 7.99. The number of hydrogen-bond acceptors (Lipinski definition) is 4. The maximum absolute atomic E-state index is 13.5. The van der Waals surface area contributed by atoms with Crippen LogP contribution >= 0.6 is 11.8 Å². The summed E-state index contributed by atoms with van der Waals surface area (Å²) in [7, 11) is 0. The fourth-order valence-electron chi connectivity index (χ4n) is 4.10. The Balaban J connectivity index is 1.45. The highest BCUT2D eigenvalue weighted by atomic mass is 32.2. The van der Waals surface area contributed by atoms with Gasteiger partial charge in [0.15, 0.2) is 11.0 Å². The summed E-state index contributed by atoms with van der Waals surface area (Å²) in [5, 5.41) is 9.34. The molecule has 4 aromatic rings. The zero-order valence-corrected chi connectivity index (χ0v) is 18.3. The Bertz CT molecular complexity index is 1260. The Kier molecular flexibility index (Phi) is 5.49. The summed E-state index contributed by atoms with van der Waals surface area (Å²) in [6.07, 6.45) is 0.858. The molecule has 1 aliphatic heterocycles. The van der Waals surface area contributed by atoms with E-state index in [-0.39, 0.29) is 23.5 Å². The molecule has 5 nitrogen and oxygen atoms in total. The summed E-state index contributed by atoms with van der Waals surface area (Å²) >= 11 is 1.34. The van der Waals surface area contributed by atoms with Gasteiger partial charge >= 0.3 is 0 Å². The van der Waals surface area contributed by atoms with Gasteiger partial charge in [0.1, 0.15) is 5.82 Å². The lowest BCUT2D eigenvalue weighted by atomic mass is 10.1. The number of hydrogen-bond donors (Lipinski definition) is 0. The van der Waals surface area contributed by atoms with Crippen molar-refractivity contribution in [1.29, 1.82) is 0 Å². The van der Waals surface area contributed by atoms with Gasteiger partial charge in [-0.05, 0) is 49.2 Å². The Morgan fingerprint density at radius 3 is 2.50 bits per heavy atom. The molecule has 0 N–H and O–H groups in total. The summed E-state index contributed by atoms with van der Waals surface area (Å²) in [6.45, 7) is 2.07. The third-order valence-corrected chi connectivity index (χ3v) is 6.46. The molecule has 3 aromatic carbocycles. The normalized spacial score (nSPS) is 15.1. The lowest BCUT2D eigenvalue weighted by Gasteiger charge is -2.22. The van der Waals surface area contributed by atoms with E-state index in [0.717, 1.165) is 23.4 Å². The molecule has 7 heteroatoms. The molecule has 0 radical (unpaired) electrons. The van der Waals surface area contributed by atoms with Crippen LogP contribution in [-0.2, 0) is 11.2 Å². The second-order valence-corrected chi connectivity index (χ2v) is 8.66. The van der Waals surface area contributed by atoms with E-state index in [0.29, 0.717) is 11.0 Å². The molecule has 2 heterocycles. The summed E-state index contributed by atoms with van der Waals surface area (Å²) in [6, 6.07) is 24.1. The van der Waals surface area contributed by atoms with Crippen molar-refractivity contribution >= 4 is 23.4 Å². The first-order valence-electron chi connectivity index (χ1n) is 10.4. The molecule has 1 amide bonds. The summed E-state index contributed by atoms with van der Waals surface area (Å²) in [5.41, 5.74) is 3.81. The molecule has 160 valence electrons. The van der Waals surface area contributed by atoms with Crippen molar-refractivity contribution in [2.45, 2.75) is 24.5 Å². The van der Waals surface area contributed by atoms with Crippen LogP contribution in [0.4, 0.5) is 10.1 Å². The first-order chi connectivity index (χ1) is 15.6. The second kappa shape index (κ2) is 8.59. The van der Waals surface area contributed by atoms with Gasteiger partial charge in [-0.25, -0.2) is 4.39 Å². The van der Waals surface area contributed by atoms with E-state index in [1.54, 1.807) is 12.1 Å². The zero-order valence-electron chi connectivity index (χ0n) is 17.5. The molecule has 0 saturated carbocycles. The van der Waals surface area contributed by atoms with E-state index in [1.807, 2.05) is 58.0 Å². The van der Waals surface area contributed by atoms with Gasteiger partial charge in [-0.3, -0.25) is 9.36 Å². The van der Waals surface area contributed by atoms with Gasteiger partial charge in [0, 0.05) is 23.0 Å². The van der Waals surface area contributed by atoms with Crippen molar-refractivity contribution in [2.24, 2.45) is 0 Å². The number of thioether (sulfide) groups is 1. The Hall–Kier alpha value is -3.45. The molecule has 32 heavy (non-hydrogen) atoms. The monoisotopic (exact) mass is 444 g/mol. The smallest absolute Gasteiger partial charge is 0.237 e. The van der Waals surface area contributed by atoms with E-state index < -0.39 is 0 Å². The van der Waals surface area contributed by atoms with Gasteiger partial charge in [-0.2, -0.15) is 0 Å². The van der Waals surface area contributed by atoms with Gasteiger partial charge in [0.25, 0.3) is 0 Å². The minimum atomic E-state index is -0.311. The number of benzene rings is 3. The van der Waals surface area contributed by atoms with E-state index >= 15 is 0 Å². The average Bonchev–Trinajstić information content (AvgIpc) is 3.39. The summed E-state index contributed by atoms with van der Waals surface area (Å²) in [5.74, 6) is 0.593. The van der Waals surface area contributed by atoms with Gasteiger partial charge in [-0.15, -0.1) is 10.2 Å². The van der Waals surface area contributed by atoms with E-state index in [4.69, 9.17) is 0 Å². The first-order valence-corrected chi connectivity index (χ1v) is 11.4. The number of carbonyl (C=O) groups is 1. The first kappa shape index (κ1) is 20.5. The third kappa shape index (κ3) is 3.80. The third-order valence-electron chi connectivity index (χ3n) is 5.55. The number of anilines is 1. The number of halogens is 1. The minimum Gasteiger partial charge on any atom is -0.308 e. The number of carbonyl (C=O) groups excluding carboxylic acids is 1. The largest absolute Gasteiger partial charge is 0.308 e. The van der Waals surface area contributed by atoms with Crippen LogP contribution in [0.2, 0.25) is 0 Å². The van der Waals surface area contributed by atoms with Crippen LogP contribution in [-0.4, -0.2) is 32.5 Å². The van der Waals surface area contributed by atoms with Crippen molar-refractivity contribution in [3.05, 3.63) is 90.2 Å². The lowest BCUT2D eigenvalue weighted by molar-refractivity contribution is -0.116. The molecule has 0 saturated heterocycles. The predicted octanol–water partition coefficient (Wildman–Crippen LogP) is 5.14. The van der Waals surface area contributed by atoms with Crippen LogP contribution < -0.4 is 4.90 Å². The highest BCUT2D eigenvalue weighted by Crippen LogP contribution is 2.33.